The van der Waals surface area contributed by atoms with Gasteiger partial charge in [-0.1, -0.05) is 107 Å². The molecule has 3 aromatic rings. The van der Waals surface area contributed by atoms with Gasteiger partial charge < -0.3 is 0 Å². The number of benzene rings is 3. The van der Waals surface area contributed by atoms with Gasteiger partial charge in [0, 0.05) is 5.41 Å². The third-order valence-corrected chi connectivity index (χ3v) is 8.04. The van der Waals surface area contributed by atoms with Crippen LogP contribution >= 0.6 is 0 Å². The average molecular weight is 453 g/mol. The average Bonchev–Trinajstić information content (AvgIpc) is 3.46. The van der Waals surface area contributed by atoms with Gasteiger partial charge in [-0.15, -0.1) is 0 Å². The van der Waals surface area contributed by atoms with E-state index in [1.807, 2.05) is 27.7 Å². The molecule has 0 bridgehead atoms. The summed E-state index contributed by atoms with van der Waals surface area (Å²) in [6.07, 6.45) is 7.11. The highest BCUT2D eigenvalue weighted by molar-refractivity contribution is 5.67. The summed E-state index contributed by atoms with van der Waals surface area (Å²) in [7, 11) is 0. The van der Waals surface area contributed by atoms with Gasteiger partial charge in [0.1, 0.15) is 0 Å². The predicted octanol–water partition coefficient (Wildman–Crippen LogP) is 9.58. The molecule has 0 N–H and O–H groups in total. The van der Waals surface area contributed by atoms with Crippen LogP contribution in [0, 0.1) is 26.2 Å². The third-order valence-electron chi connectivity index (χ3n) is 8.04. The molecule has 3 aromatic carbocycles. The number of rotatable bonds is 4. The Labute approximate surface area is 209 Å². The van der Waals surface area contributed by atoms with Crippen LogP contribution in [0.3, 0.4) is 0 Å². The minimum Gasteiger partial charge on any atom is -0.0683 e. The van der Waals surface area contributed by atoms with E-state index in [9.17, 15) is 0 Å². The first-order chi connectivity index (χ1) is 16.5. The predicted molar refractivity (Wildman–Crippen MR) is 151 cm³/mol. The summed E-state index contributed by atoms with van der Waals surface area (Å²) in [5.41, 5.74) is 13.9. The topological polar surface area (TPSA) is 0 Å². The van der Waals surface area contributed by atoms with Crippen LogP contribution < -0.4 is 0 Å². The molecule has 0 saturated heterocycles. The van der Waals surface area contributed by atoms with E-state index >= 15 is 0 Å². The van der Waals surface area contributed by atoms with Gasteiger partial charge in [0.2, 0.25) is 0 Å². The first-order valence-electron chi connectivity index (χ1n) is 13.5. The Kier molecular flexibility index (Phi) is 8.58. The minimum atomic E-state index is 0.169. The molecule has 2 unspecified atom stereocenters. The number of hydrogen-bond acceptors (Lipinski definition) is 0. The Morgan fingerprint density at radius 2 is 1.47 bits per heavy atom. The molecule has 2 aliphatic carbocycles. The Bertz CT molecular complexity index is 1130. The van der Waals surface area contributed by atoms with E-state index in [1.165, 1.54) is 46.2 Å². The standard InChI is InChI=1S/C30H32.2C2H6/c1-5-29-27-15-20(2)21(3)22(4)28(27)19-30(29,18-23-11-7-6-8-12-23)26-16-24-13-9-10-14-25(24)17-26;2*1-2/h6-16,29H,5,17-19H2,1-4H3;2*1-2H3. The molecule has 0 amide bonds. The highest BCUT2D eigenvalue weighted by Gasteiger charge is 2.49. The number of allylic oxidation sites excluding steroid dienone is 1. The van der Waals surface area contributed by atoms with Gasteiger partial charge in [0.05, 0.1) is 0 Å². The first-order valence-corrected chi connectivity index (χ1v) is 13.5. The van der Waals surface area contributed by atoms with Crippen molar-refractivity contribution in [2.45, 2.75) is 87.0 Å². The second kappa shape index (κ2) is 11.2. The van der Waals surface area contributed by atoms with Gasteiger partial charge in [0.15, 0.2) is 0 Å². The van der Waals surface area contributed by atoms with Gasteiger partial charge in [0.25, 0.3) is 0 Å². The van der Waals surface area contributed by atoms with E-state index in [0.29, 0.717) is 5.92 Å². The molecule has 2 aliphatic rings. The summed E-state index contributed by atoms with van der Waals surface area (Å²) in [6, 6.07) is 22.7. The molecule has 0 nitrogen and oxygen atoms in total. The summed E-state index contributed by atoms with van der Waals surface area (Å²) in [4.78, 5) is 0. The Morgan fingerprint density at radius 3 is 2.12 bits per heavy atom. The summed E-state index contributed by atoms with van der Waals surface area (Å²) in [5, 5.41) is 0. The maximum Gasteiger partial charge on any atom is 0.00680 e. The van der Waals surface area contributed by atoms with Crippen LogP contribution in [0.1, 0.15) is 91.5 Å². The maximum absolute atomic E-state index is 2.53. The van der Waals surface area contributed by atoms with Crippen molar-refractivity contribution in [1.29, 1.82) is 0 Å². The number of aryl methyl sites for hydroxylation is 1. The fourth-order valence-electron chi connectivity index (χ4n) is 6.26. The largest absolute Gasteiger partial charge is 0.0683 e. The molecule has 5 rings (SSSR count). The molecule has 0 aromatic heterocycles. The molecule has 0 fully saturated rings. The maximum atomic E-state index is 2.53. The van der Waals surface area contributed by atoms with Crippen molar-refractivity contribution in [3.8, 4) is 0 Å². The number of fused-ring (bicyclic) bond motifs is 2. The molecule has 0 saturated carbocycles. The molecule has 0 heterocycles. The third kappa shape index (κ3) is 4.52. The highest BCUT2D eigenvalue weighted by atomic mass is 14.5. The summed E-state index contributed by atoms with van der Waals surface area (Å²) in [5.74, 6) is 0.575. The molecule has 34 heavy (non-hydrogen) atoms. The quantitative estimate of drug-likeness (QED) is 0.369. The SMILES string of the molecule is CC.CC.CCC1c2cc(C)c(C)c(C)c2CC1(Cc1ccccc1)C1=Cc2ccccc2C1. The Balaban J connectivity index is 0.000000771. The van der Waals surface area contributed by atoms with Crippen molar-refractivity contribution < 1.29 is 0 Å². The second-order valence-electron chi connectivity index (χ2n) is 9.51. The normalized spacial score (nSPS) is 19.8. The van der Waals surface area contributed by atoms with Crippen LogP contribution in [0.4, 0.5) is 0 Å². The molecule has 0 radical (unpaired) electrons. The minimum absolute atomic E-state index is 0.169. The summed E-state index contributed by atoms with van der Waals surface area (Å²) >= 11 is 0. The van der Waals surface area contributed by atoms with Crippen molar-refractivity contribution in [2.24, 2.45) is 5.41 Å². The molecule has 2 atom stereocenters. The monoisotopic (exact) mass is 452 g/mol. The first kappa shape index (κ1) is 26.0. The van der Waals surface area contributed by atoms with E-state index in [1.54, 1.807) is 16.7 Å². The van der Waals surface area contributed by atoms with Crippen molar-refractivity contribution >= 4 is 6.08 Å². The Morgan fingerprint density at radius 1 is 0.824 bits per heavy atom. The highest BCUT2D eigenvalue weighted by Crippen LogP contribution is 2.58. The lowest BCUT2D eigenvalue weighted by atomic mass is 9.65. The fraction of sp³-hybridized carbons (Fsp3) is 0.412. The van der Waals surface area contributed by atoms with Gasteiger partial charge in [-0.05, 0) is 96.9 Å². The lowest BCUT2D eigenvalue weighted by Crippen LogP contribution is -2.31. The van der Waals surface area contributed by atoms with Crippen LogP contribution in [-0.4, -0.2) is 0 Å². The van der Waals surface area contributed by atoms with Gasteiger partial charge in [-0.2, -0.15) is 0 Å². The van der Waals surface area contributed by atoms with E-state index < -0.39 is 0 Å². The molecule has 0 aliphatic heterocycles. The molecule has 180 valence electrons. The van der Waals surface area contributed by atoms with Crippen LogP contribution in [0.5, 0.6) is 0 Å². The van der Waals surface area contributed by atoms with Crippen molar-refractivity contribution in [3.63, 3.8) is 0 Å². The smallest absolute Gasteiger partial charge is 0.00680 e. The summed E-state index contributed by atoms with van der Waals surface area (Å²) in [6.45, 7) is 17.3. The lowest BCUT2D eigenvalue weighted by Gasteiger charge is -2.38. The molecular formula is C34H44. The van der Waals surface area contributed by atoms with Crippen LogP contribution in [0.2, 0.25) is 0 Å². The molecule has 0 spiro atoms. The van der Waals surface area contributed by atoms with Crippen molar-refractivity contribution in [2.75, 3.05) is 0 Å². The second-order valence-corrected chi connectivity index (χ2v) is 9.51. The van der Waals surface area contributed by atoms with E-state index in [-0.39, 0.29) is 5.41 Å². The summed E-state index contributed by atoms with van der Waals surface area (Å²) < 4.78 is 0. The van der Waals surface area contributed by atoms with Gasteiger partial charge >= 0.3 is 0 Å². The van der Waals surface area contributed by atoms with Crippen LogP contribution in [-0.2, 0) is 19.3 Å². The van der Waals surface area contributed by atoms with E-state index in [0.717, 1.165) is 12.8 Å². The fourth-order valence-corrected chi connectivity index (χ4v) is 6.26. The van der Waals surface area contributed by atoms with E-state index in [2.05, 4.69) is 94.4 Å². The number of hydrogen-bond donors (Lipinski definition) is 0. The van der Waals surface area contributed by atoms with Crippen molar-refractivity contribution in [1.82, 2.24) is 0 Å². The zero-order valence-electron chi connectivity index (χ0n) is 22.8. The molecular weight excluding hydrogens is 408 g/mol. The van der Waals surface area contributed by atoms with Crippen LogP contribution in [0.25, 0.3) is 6.08 Å². The van der Waals surface area contributed by atoms with Crippen LogP contribution in [0.15, 0.2) is 66.2 Å². The lowest BCUT2D eigenvalue weighted by molar-refractivity contribution is 0.292. The van der Waals surface area contributed by atoms with E-state index in [4.69, 9.17) is 0 Å². The zero-order chi connectivity index (χ0) is 24.9. The van der Waals surface area contributed by atoms with Crippen molar-refractivity contribution in [3.05, 3.63) is 111 Å². The molecule has 0 heteroatoms. The Hall–Kier alpha value is -2.60. The van der Waals surface area contributed by atoms with Gasteiger partial charge in [-0.3, -0.25) is 0 Å². The zero-order valence-corrected chi connectivity index (χ0v) is 22.8. The van der Waals surface area contributed by atoms with Gasteiger partial charge in [-0.25, -0.2) is 0 Å².